The Balaban J connectivity index is 3.17. The lowest BCUT2D eigenvalue weighted by molar-refractivity contribution is -0.137. The molecule has 0 aliphatic heterocycles. The second kappa shape index (κ2) is 5.01. The van der Waals surface area contributed by atoms with Crippen LogP contribution in [0.25, 0.3) is 0 Å². The summed E-state index contributed by atoms with van der Waals surface area (Å²) >= 11 is 0. The van der Waals surface area contributed by atoms with Crippen LogP contribution < -0.4 is 5.73 Å². The minimum Gasteiger partial charge on any atom is -0.392 e. The Morgan fingerprint density at radius 2 is 2.00 bits per heavy atom. The van der Waals surface area contributed by atoms with E-state index in [0.29, 0.717) is 5.56 Å². The van der Waals surface area contributed by atoms with E-state index in [1.807, 2.05) is 0 Å². The zero-order valence-electron chi connectivity index (χ0n) is 8.30. The highest BCUT2D eigenvalue weighted by Crippen LogP contribution is 2.30. The van der Waals surface area contributed by atoms with Crippen LogP contribution in [0.5, 0.6) is 0 Å². The summed E-state index contributed by atoms with van der Waals surface area (Å²) in [5.41, 5.74) is 4.87. The molecule has 0 fully saturated rings. The molecule has 0 aromatic heterocycles. The maximum atomic E-state index is 12.4. The van der Waals surface area contributed by atoms with Crippen molar-refractivity contribution in [3.8, 4) is 11.8 Å². The molecule has 0 unspecified atom stereocenters. The molecule has 0 amide bonds. The summed E-state index contributed by atoms with van der Waals surface area (Å²) in [6.07, 6.45) is -4.41. The van der Waals surface area contributed by atoms with Crippen LogP contribution in [0.15, 0.2) is 18.2 Å². The molecule has 0 saturated carbocycles. The highest BCUT2D eigenvalue weighted by molar-refractivity contribution is 5.44. The highest BCUT2D eigenvalue weighted by Gasteiger charge is 2.30. The molecule has 5 heteroatoms. The Morgan fingerprint density at radius 1 is 1.31 bits per heavy atom. The standard InChI is InChI=1S/C11H10F3NO/c12-11(13,14)10-4-3-8(2-1-5-15)9(6-10)7-16/h3-4,6,16H,5,7,15H2. The van der Waals surface area contributed by atoms with Gasteiger partial charge in [-0.1, -0.05) is 11.8 Å². The molecule has 0 atom stereocenters. The smallest absolute Gasteiger partial charge is 0.392 e. The van der Waals surface area contributed by atoms with Gasteiger partial charge in [-0.15, -0.1) is 0 Å². The van der Waals surface area contributed by atoms with Crippen LogP contribution in [-0.2, 0) is 12.8 Å². The lowest BCUT2D eigenvalue weighted by Gasteiger charge is -2.09. The van der Waals surface area contributed by atoms with Crippen LogP contribution in [-0.4, -0.2) is 11.7 Å². The van der Waals surface area contributed by atoms with E-state index in [1.165, 1.54) is 6.07 Å². The van der Waals surface area contributed by atoms with Gasteiger partial charge in [0.1, 0.15) is 0 Å². The van der Waals surface area contributed by atoms with Gasteiger partial charge in [0.05, 0.1) is 18.7 Å². The molecule has 2 nitrogen and oxygen atoms in total. The van der Waals surface area contributed by atoms with E-state index >= 15 is 0 Å². The van der Waals surface area contributed by atoms with Gasteiger partial charge >= 0.3 is 6.18 Å². The van der Waals surface area contributed by atoms with Gasteiger partial charge in [0.15, 0.2) is 0 Å². The zero-order chi connectivity index (χ0) is 12.2. The number of hydrogen-bond acceptors (Lipinski definition) is 2. The molecule has 0 spiro atoms. The molecule has 0 aliphatic rings. The van der Waals surface area contributed by atoms with Gasteiger partial charge in [0.25, 0.3) is 0 Å². The van der Waals surface area contributed by atoms with Crippen molar-refractivity contribution in [3.05, 3.63) is 34.9 Å². The molecule has 1 aromatic rings. The van der Waals surface area contributed by atoms with Crippen molar-refractivity contribution >= 4 is 0 Å². The third-order valence-corrected chi connectivity index (χ3v) is 1.93. The summed E-state index contributed by atoms with van der Waals surface area (Å²) in [7, 11) is 0. The number of aliphatic hydroxyl groups is 1. The average Bonchev–Trinajstić information content (AvgIpc) is 2.24. The minimum atomic E-state index is -4.41. The molecule has 0 bridgehead atoms. The topological polar surface area (TPSA) is 46.2 Å². The van der Waals surface area contributed by atoms with Crippen molar-refractivity contribution in [3.63, 3.8) is 0 Å². The van der Waals surface area contributed by atoms with Crippen molar-refractivity contribution in [2.24, 2.45) is 5.73 Å². The van der Waals surface area contributed by atoms with Gasteiger partial charge in [-0.2, -0.15) is 13.2 Å². The van der Waals surface area contributed by atoms with Gasteiger partial charge < -0.3 is 10.8 Å². The first-order chi connectivity index (χ1) is 7.49. The molecular weight excluding hydrogens is 219 g/mol. The summed E-state index contributed by atoms with van der Waals surface area (Å²) in [5.74, 6) is 5.12. The predicted molar refractivity (Wildman–Crippen MR) is 53.3 cm³/mol. The Hall–Kier alpha value is -1.51. The van der Waals surface area contributed by atoms with Gasteiger partial charge in [-0.3, -0.25) is 0 Å². The second-order valence-electron chi connectivity index (χ2n) is 3.03. The Labute approximate surface area is 90.9 Å². The van der Waals surface area contributed by atoms with Crippen molar-refractivity contribution in [2.75, 3.05) is 6.54 Å². The number of rotatable bonds is 1. The molecule has 0 heterocycles. The number of hydrogen-bond donors (Lipinski definition) is 2. The molecule has 0 aliphatic carbocycles. The molecule has 0 saturated heterocycles. The lowest BCUT2D eigenvalue weighted by Crippen LogP contribution is -2.06. The summed E-state index contributed by atoms with van der Waals surface area (Å²) in [5, 5.41) is 8.94. The summed E-state index contributed by atoms with van der Waals surface area (Å²) in [4.78, 5) is 0. The molecule has 0 radical (unpaired) electrons. The molecule has 86 valence electrons. The van der Waals surface area contributed by atoms with Crippen LogP contribution in [0.2, 0.25) is 0 Å². The molecule has 3 N–H and O–H groups in total. The Bertz CT molecular complexity index is 429. The van der Waals surface area contributed by atoms with E-state index in [2.05, 4.69) is 11.8 Å². The summed E-state index contributed by atoms with van der Waals surface area (Å²) < 4.78 is 37.1. The molecule has 1 aromatic carbocycles. The second-order valence-corrected chi connectivity index (χ2v) is 3.03. The third kappa shape index (κ3) is 2.99. The SMILES string of the molecule is NCC#Cc1ccc(C(F)(F)F)cc1CO. The first-order valence-electron chi connectivity index (χ1n) is 4.49. The van der Waals surface area contributed by atoms with Crippen LogP contribution in [0.4, 0.5) is 13.2 Å². The van der Waals surface area contributed by atoms with E-state index in [9.17, 15) is 13.2 Å². The average molecular weight is 229 g/mol. The van der Waals surface area contributed by atoms with Crippen LogP contribution in [0.1, 0.15) is 16.7 Å². The van der Waals surface area contributed by atoms with E-state index < -0.39 is 18.3 Å². The maximum Gasteiger partial charge on any atom is 0.416 e. The molecule has 16 heavy (non-hydrogen) atoms. The minimum absolute atomic E-state index is 0.117. The summed E-state index contributed by atoms with van der Waals surface area (Å²) in [6.45, 7) is -0.371. The monoisotopic (exact) mass is 229 g/mol. The summed E-state index contributed by atoms with van der Waals surface area (Å²) in [6, 6.07) is 3.05. The van der Waals surface area contributed by atoms with Crippen molar-refractivity contribution in [2.45, 2.75) is 12.8 Å². The largest absolute Gasteiger partial charge is 0.416 e. The first-order valence-corrected chi connectivity index (χ1v) is 4.49. The van der Waals surface area contributed by atoms with E-state index in [-0.39, 0.29) is 12.1 Å². The number of halogens is 3. The van der Waals surface area contributed by atoms with Gasteiger partial charge in [-0.25, -0.2) is 0 Å². The Kier molecular flexibility index (Phi) is 3.93. The van der Waals surface area contributed by atoms with E-state index in [4.69, 9.17) is 10.8 Å². The van der Waals surface area contributed by atoms with E-state index in [1.54, 1.807) is 0 Å². The zero-order valence-corrected chi connectivity index (χ0v) is 8.30. The van der Waals surface area contributed by atoms with Crippen LogP contribution in [0.3, 0.4) is 0 Å². The highest BCUT2D eigenvalue weighted by atomic mass is 19.4. The third-order valence-electron chi connectivity index (χ3n) is 1.93. The Morgan fingerprint density at radius 3 is 2.50 bits per heavy atom. The number of nitrogens with two attached hydrogens (primary N) is 1. The number of benzene rings is 1. The fourth-order valence-corrected chi connectivity index (χ4v) is 1.17. The van der Waals surface area contributed by atoms with Crippen molar-refractivity contribution in [1.29, 1.82) is 0 Å². The fraction of sp³-hybridized carbons (Fsp3) is 0.273. The number of aliphatic hydroxyl groups excluding tert-OH is 1. The number of alkyl halides is 3. The quantitative estimate of drug-likeness (QED) is 0.717. The predicted octanol–water partition coefficient (Wildman–Crippen LogP) is 1.51. The molecule has 1 rings (SSSR count). The van der Waals surface area contributed by atoms with Crippen LogP contribution in [0, 0.1) is 11.8 Å². The van der Waals surface area contributed by atoms with Crippen LogP contribution >= 0.6 is 0 Å². The van der Waals surface area contributed by atoms with Gasteiger partial charge in [-0.05, 0) is 23.8 Å². The van der Waals surface area contributed by atoms with E-state index in [0.717, 1.165) is 12.1 Å². The maximum absolute atomic E-state index is 12.4. The normalized spacial score (nSPS) is 10.8. The molecular formula is C11H10F3NO. The first kappa shape index (κ1) is 12.6. The fourth-order valence-electron chi connectivity index (χ4n) is 1.17. The van der Waals surface area contributed by atoms with Gasteiger partial charge in [0.2, 0.25) is 0 Å². The van der Waals surface area contributed by atoms with Crippen molar-refractivity contribution in [1.82, 2.24) is 0 Å². The lowest BCUT2D eigenvalue weighted by atomic mass is 10.0. The van der Waals surface area contributed by atoms with Gasteiger partial charge in [0, 0.05) is 5.56 Å². The van der Waals surface area contributed by atoms with Crippen molar-refractivity contribution < 1.29 is 18.3 Å².